The predicted molar refractivity (Wildman–Crippen MR) is 82.1 cm³/mol. The van der Waals surface area contributed by atoms with E-state index in [1.807, 2.05) is 42.5 Å². The summed E-state index contributed by atoms with van der Waals surface area (Å²) in [5.41, 5.74) is 2.38. The fourth-order valence-corrected chi connectivity index (χ4v) is 2.31. The Morgan fingerprint density at radius 3 is 2.14 bits per heavy atom. The Balaban J connectivity index is 2.57. The van der Waals surface area contributed by atoms with E-state index in [0.29, 0.717) is 5.69 Å². The van der Waals surface area contributed by atoms with Crippen molar-refractivity contribution in [2.45, 2.75) is 19.9 Å². The Labute approximate surface area is 123 Å². The summed E-state index contributed by atoms with van der Waals surface area (Å²) in [6.07, 6.45) is 0. The number of carboxylic acids is 1. The van der Waals surface area contributed by atoms with Crippen molar-refractivity contribution in [2.75, 3.05) is 4.90 Å². The van der Waals surface area contributed by atoms with Gasteiger partial charge in [0, 0.05) is 12.5 Å². The lowest BCUT2D eigenvalue weighted by molar-refractivity contribution is -0.139. The first-order chi connectivity index (χ1) is 10.0. The molecule has 4 nitrogen and oxygen atoms in total. The number of anilines is 1. The van der Waals surface area contributed by atoms with Gasteiger partial charge < -0.3 is 5.11 Å². The maximum Gasteiger partial charge on any atom is 0.326 e. The van der Waals surface area contributed by atoms with Crippen LogP contribution < -0.4 is 4.90 Å². The summed E-state index contributed by atoms with van der Waals surface area (Å²) >= 11 is 0. The highest BCUT2D eigenvalue weighted by Crippen LogP contribution is 2.31. The van der Waals surface area contributed by atoms with Gasteiger partial charge in [0.25, 0.3) is 0 Å². The van der Waals surface area contributed by atoms with E-state index in [4.69, 9.17) is 0 Å². The molecular formula is C17H17NO3. The van der Waals surface area contributed by atoms with Gasteiger partial charge in [-0.15, -0.1) is 0 Å². The first-order valence-electron chi connectivity index (χ1n) is 6.69. The molecule has 2 aromatic rings. The van der Waals surface area contributed by atoms with Crippen molar-refractivity contribution in [3.05, 3.63) is 54.6 Å². The van der Waals surface area contributed by atoms with E-state index >= 15 is 0 Å². The Bertz CT molecular complexity index is 652. The van der Waals surface area contributed by atoms with Gasteiger partial charge in [0.15, 0.2) is 0 Å². The van der Waals surface area contributed by atoms with Gasteiger partial charge >= 0.3 is 5.97 Å². The first kappa shape index (κ1) is 14.8. The topological polar surface area (TPSA) is 57.6 Å². The minimum absolute atomic E-state index is 0.298. The van der Waals surface area contributed by atoms with E-state index in [0.717, 1.165) is 11.1 Å². The highest BCUT2D eigenvalue weighted by Gasteiger charge is 2.26. The van der Waals surface area contributed by atoms with Gasteiger partial charge in [0.2, 0.25) is 5.91 Å². The number of hydrogen-bond acceptors (Lipinski definition) is 2. The molecule has 0 saturated heterocycles. The molecule has 4 heteroatoms. The van der Waals surface area contributed by atoms with E-state index in [2.05, 4.69) is 0 Å². The van der Waals surface area contributed by atoms with Crippen LogP contribution in [0.1, 0.15) is 13.8 Å². The van der Waals surface area contributed by atoms with Crippen LogP contribution >= 0.6 is 0 Å². The average molecular weight is 283 g/mol. The van der Waals surface area contributed by atoms with Crippen molar-refractivity contribution in [2.24, 2.45) is 0 Å². The second kappa shape index (κ2) is 6.22. The van der Waals surface area contributed by atoms with Gasteiger partial charge in [-0.1, -0.05) is 48.5 Å². The number of benzene rings is 2. The maximum atomic E-state index is 11.9. The van der Waals surface area contributed by atoms with Crippen molar-refractivity contribution in [1.29, 1.82) is 0 Å². The van der Waals surface area contributed by atoms with Crippen LogP contribution in [0.25, 0.3) is 11.1 Å². The molecular weight excluding hydrogens is 266 g/mol. The van der Waals surface area contributed by atoms with Crippen LogP contribution in [-0.4, -0.2) is 23.0 Å². The number of carbonyl (C=O) groups excluding carboxylic acids is 1. The molecule has 0 aliphatic rings. The van der Waals surface area contributed by atoms with Crippen molar-refractivity contribution >= 4 is 17.6 Å². The van der Waals surface area contributed by atoms with Crippen molar-refractivity contribution < 1.29 is 14.7 Å². The molecule has 108 valence electrons. The number of amides is 1. The van der Waals surface area contributed by atoms with E-state index in [9.17, 15) is 14.7 Å². The van der Waals surface area contributed by atoms with Crippen LogP contribution in [0, 0.1) is 0 Å². The quantitative estimate of drug-likeness (QED) is 0.937. The first-order valence-corrected chi connectivity index (χ1v) is 6.69. The maximum absolute atomic E-state index is 11.9. The van der Waals surface area contributed by atoms with E-state index in [1.165, 1.54) is 18.7 Å². The molecule has 0 spiro atoms. The zero-order valence-corrected chi connectivity index (χ0v) is 12.0. The van der Waals surface area contributed by atoms with Crippen LogP contribution in [0.3, 0.4) is 0 Å². The van der Waals surface area contributed by atoms with Gasteiger partial charge in [-0.2, -0.15) is 0 Å². The molecule has 21 heavy (non-hydrogen) atoms. The number of aliphatic carboxylic acids is 1. The lowest BCUT2D eigenvalue weighted by Gasteiger charge is -2.27. The van der Waals surface area contributed by atoms with Crippen molar-refractivity contribution in [3.63, 3.8) is 0 Å². The van der Waals surface area contributed by atoms with Crippen LogP contribution in [-0.2, 0) is 9.59 Å². The molecule has 0 aliphatic carbocycles. The molecule has 1 amide bonds. The third-order valence-corrected chi connectivity index (χ3v) is 3.33. The van der Waals surface area contributed by atoms with Gasteiger partial charge in [-0.05, 0) is 18.6 Å². The Morgan fingerprint density at radius 2 is 1.57 bits per heavy atom. The predicted octanol–water partition coefficient (Wildman–Crippen LogP) is 3.18. The minimum Gasteiger partial charge on any atom is -0.480 e. The zero-order chi connectivity index (χ0) is 15.4. The lowest BCUT2D eigenvalue weighted by atomic mass is 10.0. The molecule has 1 N–H and O–H groups in total. The number of carboxylic acid groups (broad SMARTS) is 1. The van der Waals surface area contributed by atoms with Crippen LogP contribution in [0.2, 0.25) is 0 Å². The molecule has 0 aliphatic heterocycles. The number of carbonyl (C=O) groups is 2. The lowest BCUT2D eigenvalue weighted by Crippen LogP contribution is -2.42. The fraction of sp³-hybridized carbons (Fsp3) is 0.176. The molecule has 0 unspecified atom stereocenters. The monoisotopic (exact) mass is 283 g/mol. The molecule has 2 rings (SSSR count). The molecule has 0 fully saturated rings. The van der Waals surface area contributed by atoms with E-state index < -0.39 is 12.0 Å². The molecule has 0 bridgehead atoms. The normalized spacial score (nSPS) is 11.7. The summed E-state index contributed by atoms with van der Waals surface area (Å²) in [6, 6.07) is 16.0. The van der Waals surface area contributed by atoms with Gasteiger partial charge in [-0.25, -0.2) is 4.79 Å². The van der Waals surface area contributed by atoms with Gasteiger partial charge in [0.1, 0.15) is 6.04 Å². The van der Waals surface area contributed by atoms with E-state index in [1.54, 1.807) is 12.1 Å². The van der Waals surface area contributed by atoms with Gasteiger partial charge in [-0.3, -0.25) is 9.69 Å². The number of nitrogens with zero attached hydrogens (tertiary/aromatic N) is 1. The zero-order valence-electron chi connectivity index (χ0n) is 12.0. The summed E-state index contributed by atoms with van der Waals surface area (Å²) in [5, 5.41) is 9.23. The Kier molecular flexibility index (Phi) is 4.38. The Hall–Kier alpha value is -2.62. The molecule has 0 saturated carbocycles. The summed E-state index contributed by atoms with van der Waals surface area (Å²) in [4.78, 5) is 24.5. The molecule has 2 aromatic carbocycles. The molecule has 0 aromatic heterocycles. The summed E-state index contributed by atoms with van der Waals surface area (Å²) in [6.45, 7) is 2.88. The highest BCUT2D eigenvalue weighted by atomic mass is 16.4. The van der Waals surface area contributed by atoms with Crippen molar-refractivity contribution in [3.8, 4) is 11.1 Å². The second-order valence-electron chi connectivity index (χ2n) is 4.79. The summed E-state index contributed by atoms with van der Waals surface area (Å²) < 4.78 is 0. The highest BCUT2D eigenvalue weighted by molar-refractivity contribution is 6.01. The van der Waals surface area contributed by atoms with Crippen LogP contribution in [0.5, 0.6) is 0 Å². The smallest absolute Gasteiger partial charge is 0.326 e. The number of para-hydroxylation sites is 1. The largest absolute Gasteiger partial charge is 0.480 e. The fourth-order valence-electron chi connectivity index (χ4n) is 2.31. The molecule has 1 atom stereocenters. The third kappa shape index (κ3) is 3.11. The average Bonchev–Trinajstić information content (AvgIpc) is 2.48. The molecule has 0 heterocycles. The summed E-state index contributed by atoms with van der Waals surface area (Å²) in [7, 11) is 0. The second-order valence-corrected chi connectivity index (χ2v) is 4.79. The number of rotatable bonds is 4. The minimum atomic E-state index is -1.03. The van der Waals surface area contributed by atoms with Crippen molar-refractivity contribution in [1.82, 2.24) is 0 Å². The van der Waals surface area contributed by atoms with Crippen LogP contribution in [0.4, 0.5) is 5.69 Å². The van der Waals surface area contributed by atoms with Crippen LogP contribution in [0.15, 0.2) is 54.6 Å². The van der Waals surface area contributed by atoms with E-state index in [-0.39, 0.29) is 5.91 Å². The summed E-state index contributed by atoms with van der Waals surface area (Å²) in [5.74, 6) is -1.33. The SMILES string of the molecule is CC(=O)N(c1ccccc1-c1ccccc1)[C@@H](C)C(=O)O. The Morgan fingerprint density at radius 1 is 1.00 bits per heavy atom. The number of hydrogen-bond donors (Lipinski definition) is 1. The standard InChI is InChI=1S/C17H17NO3/c1-12(17(20)21)18(13(2)19)16-11-7-6-10-15(16)14-8-4-3-5-9-14/h3-12H,1-2H3,(H,20,21)/t12-/m0/s1. The third-order valence-electron chi connectivity index (χ3n) is 3.33. The van der Waals surface area contributed by atoms with Gasteiger partial charge in [0.05, 0.1) is 5.69 Å². The molecule has 0 radical (unpaired) electrons.